The molecule has 206 valence electrons. The van der Waals surface area contributed by atoms with Crippen LogP contribution < -0.4 is 10.6 Å². The molecule has 10 heteroatoms. The zero-order valence-electron chi connectivity index (χ0n) is 22.4. The second-order valence-electron chi connectivity index (χ2n) is 11.1. The lowest BCUT2D eigenvalue weighted by Crippen LogP contribution is -2.37. The molecular formula is C28H37F3N6O. The quantitative estimate of drug-likeness (QED) is 0.460. The SMILES string of the molecule is CCCC1(C)CCN(Cc2nc3c(N)cc(N4CCOCC4)nn3c2Cc2cccc(C(F)(F)F)c2C)C1. The number of hydrogen-bond donors (Lipinski definition) is 1. The van der Waals surface area contributed by atoms with E-state index in [0.29, 0.717) is 49.7 Å². The van der Waals surface area contributed by atoms with E-state index >= 15 is 0 Å². The van der Waals surface area contributed by atoms with Crippen molar-refractivity contribution in [2.75, 3.05) is 50.0 Å². The number of anilines is 2. The Bertz CT molecular complexity index is 1300. The molecular weight excluding hydrogens is 493 g/mol. The van der Waals surface area contributed by atoms with Crippen molar-refractivity contribution in [1.29, 1.82) is 0 Å². The summed E-state index contributed by atoms with van der Waals surface area (Å²) in [6.07, 6.45) is -0.692. The molecule has 4 heterocycles. The minimum atomic E-state index is -4.41. The molecule has 1 atom stereocenters. The predicted octanol–water partition coefficient (Wildman–Crippen LogP) is 5.08. The summed E-state index contributed by atoms with van der Waals surface area (Å²) in [5.74, 6) is 0.723. The van der Waals surface area contributed by atoms with Gasteiger partial charge in [-0.2, -0.15) is 13.2 Å². The second kappa shape index (κ2) is 10.4. The van der Waals surface area contributed by atoms with E-state index in [1.807, 2.05) is 6.07 Å². The number of nitrogens with two attached hydrogens (primary N) is 1. The Morgan fingerprint density at radius 3 is 2.63 bits per heavy atom. The van der Waals surface area contributed by atoms with Crippen LogP contribution in [0.1, 0.15) is 61.2 Å². The fourth-order valence-electron chi connectivity index (χ4n) is 6.01. The molecule has 2 aliphatic rings. The number of fused-ring (bicyclic) bond motifs is 1. The van der Waals surface area contributed by atoms with Gasteiger partial charge < -0.3 is 15.4 Å². The first-order valence-corrected chi connectivity index (χ1v) is 13.5. The van der Waals surface area contributed by atoms with E-state index in [1.165, 1.54) is 12.5 Å². The van der Waals surface area contributed by atoms with Gasteiger partial charge in [-0.25, -0.2) is 9.50 Å². The third kappa shape index (κ3) is 5.33. The summed E-state index contributed by atoms with van der Waals surface area (Å²) in [4.78, 5) is 9.44. The van der Waals surface area contributed by atoms with Gasteiger partial charge in [0.1, 0.15) is 0 Å². The summed E-state index contributed by atoms with van der Waals surface area (Å²) >= 11 is 0. The van der Waals surface area contributed by atoms with Crippen molar-refractivity contribution in [1.82, 2.24) is 19.5 Å². The number of nitrogens with zero attached hydrogens (tertiary/aromatic N) is 5. The third-order valence-corrected chi connectivity index (χ3v) is 8.08. The summed E-state index contributed by atoms with van der Waals surface area (Å²) in [6.45, 7) is 11.3. The number of likely N-dealkylation sites (tertiary alicyclic amines) is 1. The van der Waals surface area contributed by atoms with Gasteiger partial charge in [-0.05, 0) is 48.9 Å². The van der Waals surface area contributed by atoms with Crippen LogP contribution in [0.5, 0.6) is 0 Å². The fourth-order valence-corrected chi connectivity index (χ4v) is 6.01. The molecule has 2 saturated heterocycles. The van der Waals surface area contributed by atoms with Gasteiger partial charge in [-0.1, -0.05) is 32.4 Å². The minimum Gasteiger partial charge on any atom is -0.396 e. The highest BCUT2D eigenvalue weighted by atomic mass is 19.4. The number of alkyl halides is 3. The van der Waals surface area contributed by atoms with Crippen LogP contribution in [0.3, 0.4) is 0 Å². The molecule has 0 saturated carbocycles. The van der Waals surface area contributed by atoms with Crippen molar-refractivity contribution >= 4 is 17.2 Å². The molecule has 2 aromatic heterocycles. The third-order valence-electron chi connectivity index (χ3n) is 8.08. The molecule has 0 spiro atoms. The minimum absolute atomic E-state index is 0.231. The van der Waals surface area contributed by atoms with Crippen LogP contribution in [0.25, 0.3) is 5.65 Å². The number of morpholine rings is 1. The summed E-state index contributed by atoms with van der Waals surface area (Å²) in [7, 11) is 0. The van der Waals surface area contributed by atoms with Gasteiger partial charge in [0.05, 0.1) is 35.9 Å². The van der Waals surface area contributed by atoms with Crippen molar-refractivity contribution < 1.29 is 17.9 Å². The molecule has 2 N–H and O–H groups in total. The summed E-state index contributed by atoms with van der Waals surface area (Å²) in [5.41, 5.74) is 9.66. The lowest BCUT2D eigenvalue weighted by Gasteiger charge is -2.28. The Hall–Kier alpha value is -2.85. The number of benzene rings is 1. The smallest absolute Gasteiger partial charge is 0.396 e. The lowest BCUT2D eigenvalue weighted by atomic mass is 9.85. The van der Waals surface area contributed by atoms with Gasteiger partial charge >= 0.3 is 6.18 Å². The van der Waals surface area contributed by atoms with E-state index in [4.69, 9.17) is 20.6 Å². The average molecular weight is 531 g/mol. The number of halogens is 3. The standard InChI is InChI=1S/C28H37F3N6O/c1-4-8-27(3)9-10-35(18-27)17-23-24(15-20-6-5-7-21(19(20)2)28(29,30)31)37-26(33-23)22(32)16-25(34-37)36-11-13-38-14-12-36/h5-7,16H,4,8-15,17-18,32H2,1-3H3. The molecule has 3 aromatic rings. The van der Waals surface area contributed by atoms with Crippen molar-refractivity contribution in [3.63, 3.8) is 0 Å². The van der Waals surface area contributed by atoms with Gasteiger partial charge in [0, 0.05) is 38.7 Å². The van der Waals surface area contributed by atoms with Crippen LogP contribution in [-0.2, 0) is 23.9 Å². The number of ether oxygens (including phenoxy) is 1. The molecule has 38 heavy (non-hydrogen) atoms. The Morgan fingerprint density at radius 2 is 1.92 bits per heavy atom. The van der Waals surface area contributed by atoms with Crippen molar-refractivity contribution in [2.24, 2.45) is 5.41 Å². The van der Waals surface area contributed by atoms with E-state index in [-0.39, 0.29) is 17.4 Å². The highest BCUT2D eigenvalue weighted by molar-refractivity contribution is 5.69. The largest absolute Gasteiger partial charge is 0.416 e. The molecule has 1 unspecified atom stereocenters. The highest BCUT2D eigenvalue weighted by Gasteiger charge is 2.35. The lowest BCUT2D eigenvalue weighted by molar-refractivity contribution is -0.138. The second-order valence-corrected chi connectivity index (χ2v) is 11.1. The monoisotopic (exact) mass is 530 g/mol. The van der Waals surface area contributed by atoms with Gasteiger partial charge in [-0.15, -0.1) is 5.10 Å². The van der Waals surface area contributed by atoms with E-state index < -0.39 is 11.7 Å². The maximum Gasteiger partial charge on any atom is 0.416 e. The number of rotatable bonds is 7. The molecule has 2 aliphatic heterocycles. The van der Waals surface area contributed by atoms with Crippen LogP contribution >= 0.6 is 0 Å². The molecule has 0 amide bonds. The predicted molar refractivity (Wildman–Crippen MR) is 142 cm³/mol. The van der Waals surface area contributed by atoms with Crippen LogP contribution in [0.15, 0.2) is 24.3 Å². The molecule has 1 aromatic carbocycles. The molecule has 0 aliphatic carbocycles. The first-order chi connectivity index (χ1) is 18.1. The molecule has 0 radical (unpaired) electrons. The summed E-state index contributed by atoms with van der Waals surface area (Å²) in [5, 5.41) is 4.91. The van der Waals surface area contributed by atoms with E-state index in [0.717, 1.165) is 49.2 Å². The van der Waals surface area contributed by atoms with Crippen molar-refractivity contribution in [3.8, 4) is 0 Å². The molecule has 0 bridgehead atoms. The Morgan fingerprint density at radius 1 is 1.16 bits per heavy atom. The topological polar surface area (TPSA) is 71.9 Å². The number of nitrogen functional groups attached to an aromatic ring is 1. The highest BCUT2D eigenvalue weighted by Crippen LogP contribution is 2.37. The Balaban J connectivity index is 1.57. The van der Waals surface area contributed by atoms with Crippen LogP contribution in [0, 0.1) is 12.3 Å². The Kier molecular flexibility index (Phi) is 7.30. The zero-order valence-corrected chi connectivity index (χ0v) is 22.4. The van der Waals surface area contributed by atoms with Gasteiger partial charge in [-0.3, -0.25) is 4.90 Å². The first kappa shape index (κ1) is 26.7. The summed E-state index contributed by atoms with van der Waals surface area (Å²) < 4.78 is 48.3. The number of aromatic nitrogens is 3. The fraction of sp³-hybridized carbons (Fsp3) is 0.571. The van der Waals surface area contributed by atoms with Gasteiger partial charge in [0.2, 0.25) is 0 Å². The normalized spacial score (nSPS) is 21.1. The first-order valence-electron chi connectivity index (χ1n) is 13.5. The maximum atomic E-state index is 13.7. The average Bonchev–Trinajstić information content (AvgIpc) is 3.41. The van der Waals surface area contributed by atoms with E-state index in [2.05, 4.69) is 23.6 Å². The maximum absolute atomic E-state index is 13.7. The molecule has 7 nitrogen and oxygen atoms in total. The van der Waals surface area contributed by atoms with Gasteiger partial charge in [0.25, 0.3) is 0 Å². The number of hydrogen-bond acceptors (Lipinski definition) is 6. The van der Waals surface area contributed by atoms with Crippen LogP contribution in [0.2, 0.25) is 0 Å². The molecule has 5 rings (SSSR count). The van der Waals surface area contributed by atoms with Crippen molar-refractivity contribution in [2.45, 2.75) is 59.2 Å². The van der Waals surface area contributed by atoms with Crippen molar-refractivity contribution in [3.05, 3.63) is 52.3 Å². The number of imidazole rings is 1. The molecule has 2 fully saturated rings. The Labute approximate surface area is 221 Å². The van der Waals surface area contributed by atoms with Gasteiger partial charge in [0.15, 0.2) is 11.5 Å². The van der Waals surface area contributed by atoms with Crippen LogP contribution in [-0.4, -0.2) is 58.9 Å². The summed E-state index contributed by atoms with van der Waals surface area (Å²) in [6, 6.07) is 6.22. The van der Waals surface area contributed by atoms with Crippen LogP contribution in [0.4, 0.5) is 24.7 Å². The van der Waals surface area contributed by atoms with E-state index in [1.54, 1.807) is 17.5 Å². The zero-order chi connectivity index (χ0) is 27.1. The van der Waals surface area contributed by atoms with E-state index in [9.17, 15) is 13.2 Å².